The van der Waals surface area contributed by atoms with Crippen LogP contribution in [0.3, 0.4) is 0 Å². The summed E-state index contributed by atoms with van der Waals surface area (Å²) in [5.41, 5.74) is 2.34. The van der Waals surface area contributed by atoms with Gasteiger partial charge in [0.1, 0.15) is 12.2 Å². The molecule has 0 bridgehead atoms. The number of nitro benzene ring substituents is 1. The van der Waals surface area contributed by atoms with E-state index in [0.717, 1.165) is 58.4 Å². The minimum absolute atomic E-state index is 0.0201. The van der Waals surface area contributed by atoms with Gasteiger partial charge < -0.3 is 15.1 Å². The molecule has 2 aromatic carbocycles. The van der Waals surface area contributed by atoms with Crippen molar-refractivity contribution >= 4 is 17.3 Å². The number of piperidine rings is 1. The van der Waals surface area contributed by atoms with Crippen molar-refractivity contribution in [3.8, 4) is 0 Å². The molecule has 2 aromatic rings. The zero-order chi connectivity index (χ0) is 20.9. The highest BCUT2D eigenvalue weighted by molar-refractivity contribution is 5.96. The number of likely N-dealkylation sites (tertiary alicyclic amines) is 1. The molecule has 0 atom stereocenters. The van der Waals surface area contributed by atoms with Crippen molar-refractivity contribution in [1.29, 1.82) is 0 Å². The Morgan fingerprint density at radius 2 is 1.80 bits per heavy atom. The Kier molecular flexibility index (Phi) is 6.28. The Hall–Kier alpha value is -2.93. The van der Waals surface area contributed by atoms with E-state index in [1.807, 2.05) is 11.0 Å². The summed E-state index contributed by atoms with van der Waals surface area (Å²) < 4.78 is 0. The summed E-state index contributed by atoms with van der Waals surface area (Å²) in [5, 5.41) is 14.7. The molecule has 2 N–H and O–H groups in total. The van der Waals surface area contributed by atoms with Crippen LogP contribution in [0.25, 0.3) is 0 Å². The van der Waals surface area contributed by atoms with Gasteiger partial charge in [0.25, 0.3) is 11.6 Å². The van der Waals surface area contributed by atoms with Gasteiger partial charge in [-0.2, -0.15) is 0 Å². The normalized spacial score (nSPS) is 21.4. The third-order valence-corrected chi connectivity index (χ3v) is 6.21. The van der Waals surface area contributed by atoms with Gasteiger partial charge in [0.05, 0.1) is 18.0 Å². The van der Waals surface area contributed by atoms with E-state index in [4.69, 9.17) is 0 Å². The first-order valence-electron chi connectivity index (χ1n) is 10.8. The Morgan fingerprint density at radius 1 is 1.10 bits per heavy atom. The van der Waals surface area contributed by atoms with Gasteiger partial charge >= 0.3 is 0 Å². The second-order valence-electron chi connectivity index (χ2n) is 8.31. The van der Waals surface area contributed by atoms with Crippen LogP contribution in [0.4, 0.5) is 11.4 Å². The van der Waals surface area contributed by atoms with Gasteiger partial charge in [0.15, 0.2) is 0 Å². The van der Waals surface area contributed by atoms with Crippen molar-refractivity contribution in [2.75, 3.05) is 31.1 Å². The van der Waals surface area contributed by atoms with Gasteiger partial charge in [-0.15, -0.1) is 0 Å². The number of anilines is 1. The van der Waals surface area contributed by atoms with Crippen LogP contribution in [-0.4, -0.2) is 43.1 Å². The molecule has 4 rings (SSSR count). The van der Waals surface area contributed by atoms with Gasteiger partial charge in [-0.1, -0.05) is 30.3 Å². The van der Waals surface area contributed by atoms with Gasteiger partial charge in [0, 0.05) is 49.2 Å². The monoisotopic (exact) mass is 409 g/mol. The summed E-state index contributed by atoms with van der Waals surface area (Å²) in [5.74, 6) is -0.220. The third-order valence-electron chi connectivity index (χ3n) is 6.21. The summed E-state index contributed by atoms with van der Waals surface area (Å²) in [4.78, 5) is 27.5. The van der Waals surface area contributed by atoms with E-state index in [1.54, 1.807) is 12.1 Å². The van der Waals surface area contributed by atoms with Crippen LogP contribution < -0.4 is 15.1 Å². The van der Waals surface area contributed by atoms with Crippen LogP contribution >= 0.6 is 0 Å². The molecular formula is C23H29N4O3+. The number of carbonyl (C=O) groups is 1. The standard InChI is InChI=1S/C23H28N4O3/c28-23(19-8-9-21(22(16-19)27(29)30)26-12-4-5-13-26)24-20-10-14-25(15-11-20)17-18-6-2-1-3-7-18/h1-3,6-9,16,20H,4-5,10-15,17H2,(H,24,28)/p+1. The lowest BCUT2D eigenvalue weighted by atomic mass is 10.0. The first kappa shape index (κ1) is 20.3. The molecule has 0 aromatic heterocycles. The molecule has 0 aliphatic carbocycles. The molecule has 30 heavy (non-hydrogen) atoms. The Bertz CT molecular complexity index is 889. The van der Waals surface area contributed by atoms with E-state index in [1.165, 1.54) is 16.5 Å². The van der Waals surface area contributed by atoms with Crippen molar-refractivity contribution in [2.24, 2.45) is 0 Å². The maximum absolute atomic E-state index is 12.7. The zero-order valence-corrected chi connectivity index (χ0v) is 17.2. The van der Waals surface area contributed by atoms with Gasteiger partial charge in [0.2, 0.25) is 0 Å². The first-order chi connectivity index (χ1) is 14.6. The summed E-state index contributed by atoms with van der Waals surface area (Å²) in [7, 11) is 0. The molecule has 0 saturated carbocycles. The van der Waals surface area contributed by atoms with Crippen molar-refractivity contribution in [1.82, 2.24) is 5.32 Å². The van der Waals surface area contributed by atoms with E-state index in [2.05, 4.69) is 29.6 Å². The Morgan fingerprint density at radius 3 is 2.47 bits per heavy atom. The lowest BCUT2D eigenvalue weighted by Crippen LogP contribution is -3.12. The molecule has 2 heterocycles. The number of carbonyl (C=O) groups excluding carboxylic acids is 1. The second kappa shape index (κ2) is 9.26. The fourth-order valence-electron chi connectivity index (χ4n) is 4.54. The minimum Gasteiger partial charge on any atom is -0.366 e. The molecule has 7 heteroatoms. The number of benzene rings is 2. The quantitative estimate of drug-likeness (QED) is 0.566. The molecule has 0 spiro atoms. The average Bonchev–Trinajstić information content (AvgIpc) is 3.30. The lowest BCUT2D eigenvalue weighted by Gasteiger charge is -2.30. The second-order valence-corrected chi connectivity index (χ2v) is 8.31. The van der Waals surface area contributed by atoms with E-state index in [0.29, 0.717) is 11.3 Å². The largest absolute Gasteiger partial charge is 0.366 e. The highest BCUT2D eigenvalue weighted by Gasteiger charge is 2.26. The highest BCUT2D eigenvalue weighted by Crippen LogP contribution is 2.31. The van der Waals surface area contributed by atoms with Crippen LogP contribution in [-0.2, 0) is 6.54 Å². The van der Waals surface area contributed by atoms with Crippen molar-refractivity contribution in [3.63, 3.8) is 0 Å². The smallest absolute Gasteiger partial charge is 0.293 e. The number of amides is 1. The molecular weight excluding hydrogens is 380 g/mol. The van der Waals surface area contributed by atoms with Crippen LogP contribution in [0.5, 0.6) is 0 Å². The topological polar surface area (TPSA) is 79.9 Å². The molecule has 7 nitrogen and oxygen atoms in total. The third kappa shape index (κ3) is 4.79. The predicted octanol–water partition coefficient (Wildman–Crippen LogP) is 2.17. The van der Waals surface area contributed by atoms with Gasteiger partial charge in [-0.05, 0) is 25.0 Å². The van der Waals surface area contributed by atoms with E-state index < -0.39 is 0 Å². The lowest BCUT2D eigenvalue weighted by molar-refractivity contribution is -0.918. The minimum atomic E-state index is -0.379. The van der Waals surface area contributed by atoms with Crippen LogP contribution in [0.15, 0.2) is 48.5 Å². The first-order valence-corrected chi connectivity index (χ1v) is 10.8. The summed E-state index contributed by atoms with van der Waals surface area (Å²) in [6.07, 6.45) is 3.93. The van der Waals surface area contributed by atoms with Crippen molar-refractivity contribution in [3.05, 3.63) is 69.8 Å². The predicted molar refractivity (Wildman–Crippen MR) is 116 cm³/mol. The number of nitro groups is 1. The fraction of sp³-hybridized carbons (Fsp3) is 0.435. The summed E-state index contributed by atoms with van der Waals surface area (Å²) >= 11 is 0. The highest BCUT2D eigenvalue weighted by atomic mass is 16.6. The zero-order valence-electron chi connectivity index (χ0n) is 17.2. The molecule has 0 radical (unpaired) electrons. The number of nitrogens with one attached hydrogen (secondary N) is 2. The van der Waals surface area contributed by atoms with Gasteiger partial charge in [-0.3, -0.25) is 14.9 Å². The van der Waals surface area contributed by atoms with Crippen molar-refractivity contribution < 1.29 is 14.6 Å². The molecule has 0 unspecified atom stereocenters. The van der Waals surface area contributed by atoms with Crippen molar-refractivity contribution in [2.45, 2.75) is 38.3 Å². The molecule has 2 fully saturated rings. The number of rotatable bonds is 6. The fourth-order valence-corrected chi connectivity index (χ4v) is 4.54. The average molecular weight is 410 g/mol. The maximum Gasteiger partial charge on any atom is 0.293 e. The Labute approximate surface area is 176 Å². The molecule has 2 aliphatic heterocycles. The number of nitrogens with zero attached hydrogens (tertiary/aromatic N) is 2. The van der Waals surface area contributed by atoms with Crippen LogP contribution in [0.1, 0.15) is 41.6 Å². The summed E-state index contributed by atoms with van der Waals surface area (Å²) in [6.45, 7) is 4.68. The molecule has 158 valence electrons. The van der Waals surface area contributed by atoms with E-state index in [-0.39, 0.29) is 22.6 Å². The summed E-state index contributed by atoms with van der Waals surface area (Å²) in [6, 6.07) is 15.5. The van der Waals surface area contributed by atoms with E-state index in [9.17, 15) is 14.9 Å². The van der Waals surface area contributed by atoms with Crippen LogP contribution in [0.2, 0.25) is 0 Å². The number of hydrogen-bond donors (Lipinski definition) is 2. The number of quaternary nitrogens is 1. The van der Waals surface area contributed by atoms with Gasteiger partial charge in [-0.25, -0.2) is 0 Å². The van der Waals surface area contributed by atoms with E-state index >= 15 is 0 Å². The number of hydrogen-bond acceptors (Lipinski definition) is 4. The Balaban J connectivity index is 1.35. The molecule has 1 amide bonds. The van der Waals surface area contributed by atoms with Crippen LogP contribution in [0, 0.1) is 10.1 Å². The SMILES string of the molecule is O=C(NC1CC[NH+](Cc2ccccc2)CC1)c1ccc(N2CCCC2)c([N+](=O)[O-])c1. The maximum atomic E-state index is 12.7. The molecule has 2 aliphatic rings. The molecule has 2 saturated heterocycles.